The molecule has 0 unspecified atom stereocenters. The second kappa shape index (κ2) is 9.61. The van der Waals surface area contributed by atoms with Gasteiger partial charge in [0.2, 0.25) is 5.91 Å². The Balaban J connectivity index is 1.70. The number of hydrogen-bond donors (Lipinski definition) is 0. The number of anilines is 3. The molecule has 1 fully saturated rings. The molecule has 0 aliphatic carbocycles. The van der Waals surface area contributed by atoms with Gasteiger partial charge in [0.15, 0.2) is 14.1 Å². The van der Waals surface area contributed by atoms with Gasteiger partial charge in [-0.15, -0.1) is 0 Å². The van der Waals surface area contributed by atoms with Gasteiger partial charge in [-0.2, -0.15) is 0 Å². The van der Waals surface area contributed by atoms with Crippen LogP contribution < -0.4 is 9.80 Å². The van der Waals surface area contributed by atoms with Crippen LogP contribution in [0.4, 0.5) is 21.6 Å². The number of carbonyl (C=O) groups is 1. The zero-order chi connectivity index (χ0) is 27.5. The van der Waals surface area contributed by atoms with Gasteiger partial charge >= 0.3 is 0 Å². The first-order valence-electron chi connectivity index (χ1n) is 13.1. The predicted octanol–water partition coefficient (Wildman–Crippen LogP) is 7.23. The predicted molar refractivity (Wildman–Crippen MR) is 151 cm³/mol. The van der Waals surface area contributed by atoms with Gasteiger partial charge in [0.25, 0.3) is 0 Å². The van der Waals surface area contributed by atoms with Crippen molar-refractivity contribution in [2.75, 3.05) is 22.9 Å². The average Bonchev–Trinajstić information content (AvgIpc) is 2.96. The topological polar surface area (TPSA) is 58.6 Å². The molecule has 37 heavy (non-hydrogen) atoms. The number of fused-ring (bicyclic) bond motifs is 1. The molecule has 9 heteroatoms. The average molecular weight is 547 g/mol. The number of aromatic nitrogens is 2. The van der Waals surface area contributed by atoms with Gasteiger partial charge in [-0.05, 0) is 62.4 Å². The lowest BCUT2D eigenvalue weighted by molar-refractivity contribution is -0.121. The lowest BCUT2D eigenvalue weighted by atomic mass is 9.88. The Morgan fingerprint density at radius 3 is 2.35 bits per heavy atom. The number of hydrogen-bond acceptors (Lipinski definition) is 5. The van der Waals surface area contributed by atoms with Crippen LogP contribution in [0.25, 0.3) is 0 Å². The first kappa shape index (κ1) is 28.0. The van der Waals surface area contributed by atoms with E-state index >= 15 is 4.39 Å². The molecule has 4 rings (SSSR count). The second-order valence-corrected chi connectivity index (χ2v) is 18.1. The third kappa shape index (κ3) is 5.17. The summed E-state index contributed by atoms with van der Waals surface area (Å²) in [6, 6.07) is 5.01. The van der Waals surface area contributed by atoms with Crippen molar-refractivity contribution in [3.8, 4) is 0 Å². The second-order valence-electron chi connectivity index (χ2n) is 12.9. The van der Waals surface area contributed by atoms with Crippen LogP contribution in [-0.2, 0) is 21.2 Å². The molecule has 6 nitrogen and oxygen atoms in total. The number of nitrogens with zero attached hydrogens (tertiary/aromatic N) is 4. The van der Waals surface area contributed by atoms with Crippen molar-refractivity contribution in [3.63, 3.8) is 0 Å². The normalized spacial score (nSPS) is 22.0. The molecule has 1 aromatic carbocycles. The van der Waals surface area contributed by atoms with E-state index in [0.717, 1.165) is 19.5 Å². The fourth-order valence-electron chi connectivity index (χ4n) is 5.16. The highest BCUT2D eigenvalue weighted by molar-refractivity contribution is 6.74. The minimum atomic E-state index is -2.05. The molecule has 1 saturated heterocycles. The number of halogens is 2. The van der Waals surface area contributed by atoms with Crippen molar-refractivity contribution < 1.29 is 13.6 Å². The highest BCUT2D eigenvalue weighted by Gasteiger charge is 2.48. The number of rotatable bonds is 5. The van der Waals surface area contributed by atoms with E-state index < -0.39 is 13.7 Å². The summed E-state index contributed by atoms with van der Waals surface area (Å²) in [6.45, 7) is 20.7. The van der Waals surface area contributed by atoms with E-state index in [1.165, 1.54) is 11.0 Å². The SMILES string of the molecule is C[C@@H]1C[C@H](C)CN(c2ccc(N3C(=O)C(C)(C)c4c(Cl)nc(CO[Si](C)(C)C(C)(C)C)nc43)cc2F)C1. The van der Waals surface area contributed by atoms with Crippen molar-refractivity contribution in [1.29, 1.82) is 0 Å². The summed E-state index contributed by atoms with van der Waals surface area (Å²) < 4.78 is 21.8. The van der Waals surface area contributed by atoms with Gasteiger partial charge in [0.05, 0.1) is 23.4 Å². The van der Waals surface area contributed by atoms with Crippen LogP contribution in [0.15, 0.2) is 18.2 Å². The highest BCUT2D eigenvalue weighted by atomic mass is 35.5. The Morgan fingerprint density at radius 2 is 1.78 bits per heavy atom. The van der Waals surface area contributed by atoms with Crippen LogP contribution in [-0.4, -0.2) is 37.3 Å². The molecule has 202 valence electrons. The first-order chi connectivity index (χ1) is 17.0. The van der Waals surface area contributed by atoms with Crippen LogP contribution in [0.2, 0.25) is 23.3 Å². The van der Waals surface area contributed by atoms with Crippen molar-refractivity contribution in [2.24, 2.45) is 11.8 Å². The Labute approximate surface area is 226 Å². The molecular formula is C28H40ClFN4O2Si. The minimum absolute atomic E-state index is 0.0285. The van der Waals surface area contributed by atoms with E-state index in [4.69, 9.17) is 21.0 Å². The molecule has 0 spiro atoms. The zero-order valence-electron chi connectivity index (χ0n) is 23.6. The number of amides is 1. The summed E-state index contributed by atoms with van der Waals surface area (Å²) in [5.74, 6) is 1.25. The van der Waals surface area contributed by atoms with Gasteiger partial charge in [-0.25, -0.2) is 14.4 Å². The molecule has 2 aliphatic rings. The number of benzene rings is 1. The Hall–Kier alpha value is -2.03. The lowest BCUT2D eigenvalue weighted by Gasteiger charge is -2.37. The van der Waals surface area contributed by atoms with E-state index in [2.05, 4.69) is 57.6 Å². The Morgan fingerprint density at radius 1 is 1.16 bits per heavy atom. The fourth-order valence-corrected chi connectivity index (χ4v) is 6.50. The smallest absolute Gasteiger partial charge is 0.243 e. The van der Waals surface area contributed by atoms with Crippen LogP contribution in [0.1, 0.15) is 66.3 Å². The maximum atomic E-state index is 15.5. The summed E-state index contributed by atoms with van der Waals surface area (Å²) in [5.41, 5.74) is 0.607. The first-order valence-corrected chi connectivity index (χ1v) is 16.4. The van der Waals surface area contributed by atoms with Crippen molar-refractivity contribution >= 4 is 43.0 Å². The van der Waals surface area contributed by atoms with Gasteiger partial charge in [-0.1, -0.05) is 46.2 Å². The van der Waals surface area contributed by atoms with Crippen molar-refractivity contribution in [1.82, 2.24) is 9.97 Å². The van der Waals surface area contributed by atoms with Crippen LogP contribution in [0.3, 0.4) is 0 Å². The summed E-state index contributed by atoms with van der Waals surface area (Å²) in [7, 11) is -2.05. The standard InChI is InChI=1S/C28H40ClFN4O2Si/c1-17-12-18(2)15-33(14-17)21-11-10-19(13-20(21)30)34-25-23(28(6,7)26(34)35)24(29)31-22(32-25)16-36-37(8,9)27(3,4)5/h10-11,13,17-18H,12,14-16H2,1-9H3/t17-,18+. The molecule has 0 saturated carbocycles. The number of piperidine rings is 1. The largest absolute Gasteiger partial charge is 0.409 e. The molecule has 2 aliphatic heterocycles. The maximum Gasteiger partial charge on any atom is 0.243 e. The van der Waals surface area contributed by atoms with Crippen LogP contribution in [0, 0.1) is 17.7 Å². The third-order valence-electron chi connectivity index (χ3n) is 8.23. The van der Waals surface area contributed by atoms with Gasteiger partial charge in [0.1, 0.15) is 16.8 Å². The van der Waals surface area contributed by atoms with E-state index in [1.807, 2.05) is 0 Å². The quantitative estimate of drug-likeness (QED) is 0.292. The zero-order valence-corrected chi connectivity index (χ0v) is 25.3. The van der Waals surface area contributed by atoms with E-state index in [-0.39, 0.29) is 28.5 Å². The van der Waals surface area contributed by atoms with E-state index in [9.17, 15) is 4.79 Å². The Kier molecular flexibility index (Phi) is 7.27. The molecule has 0 bridgehead atoms. The fraction of sp³-hybridized carbons (Fsp3) is 0.607. The summed E-state index contributed by atoms with van der Waals surface area (Å²) in [4.78, 5) is 26.4. The van der Waals surface area contributed by atoms with Crippen molar-refractivity contribution in [2.45, 2.75) is 85.0 Å². The van der Waals surface area contributed by atoms with E-state index in [1.54, 1.807) is 26.0 Å². The molecular weight excluding hydrogens is 507 g/mol. The molecule has 1 aromatic heterocycles. The highest BCUT2D eigenvalue weighted by Crippen LogP contribution is 2.47. The third-order valence-corrected chi connectivity index (χ3v) is 13.0. The van der Waals surface area contributed by atoms with Gasteiger partial charge in [0, 0.05) is 24.7 Å². The summed E-state index contributed by atoms with van der Waals surface area (Å²) in [6.07, 6.45) is 1.15. The lowest BCUT2D eigenvalue weighted by Crippen LogP contribution is -2.40. The summed E-state index contributed by atoms with van der Waals surface area (Å²) in [5, 5.41) is 0.258. The van der Waals surface area contributed by atoms with E-state index in [0.29, 0.717) is 40.4 Å². The molecule has 2 atom stereocenters. The minimum Gasteiger partial charge on any atom is -0.409 e. The molecule has 0 N–H and O–H groups in total. The van der Waals surface area contributed by atoms with Gasteiger partial charge in [-0.3, -0.25) is 9.69 Å². The molecule has 3 heterocycles. The molecule has 0 radical (unpaired) electrons. The van der Waals surface area contributed by atoms with Crippen LogP contribution in [0.5, 0.6) is 0 Å². The Bertz CT molecular complexity index is 1200. The van der Waals surface area contributed by atoms with Crippen molar-refractivity contribution in [3.05, 3.63) is 40.6 Å². The molecule has 2 aromatic rings. The maximum absolute atomic E-state index is 15.5. The van der Waals surface area contributed by atoms with Gasteiger partial charge < -0.3 is 9.33 Å². The monoisotopic (exact) mass is 546 g/mol. The summed E-state index contributed by atoms with van der Waals surface area (Å²) >= 11 is 6.65. The molecule has 1 amide bonds. The number of carbonyl (C=O) groups excluding carboxylic acids is 1. The van der Waals surface area contributed by atoms with Crippen LogP contribution >= 0.6 is 11.6 Å².